The van der Waals surface area contributed by atoms with E-state index < -0.39 is 0 Å². The highest BCUT2D eigenvalue weighted by Gasteiger charge is 1.82. The summed E-state index contributed by atoms with van der Waals surface area (Å²) in [4.78, 5) is 11.2. The van der Waals surface area contributed by atoms with Crippen molar-refractivity contribution in [2.24, 2.45) is 0 Å². The summed E-state index contributed by atoms with van der Waals surface area (Å²) >= 11 is 0. The second-order valence-corrected chi connectivity index (χ2v) is 2.30. The summed E-state index contributed by atoms with van der Waals surface area (Å²) < 4.78 is 4.79. The highest BCUT2D eigenvalue weighted by atomic mass is 16.5. The Morgan fingerprint density at radius 2 is 1.57 bits per heavy atom. The van der Waals surface area contributed by atoms with Crippen LogP contribution in [-0.4, -0.2) is 22.1 Å². The van der Waals surface area contributed by atoms with E-state index in [4.69, 9.17) is 4.74 Å². The van der Waals surface area contributed by atoms with Crippen LogP contribution in [0.3, 0.4) is 0 Å². The lowest BCUT2D eigenvalue weighted by atomic mass is 10.5. The smallest absolute Gasteiger partial charge is 0.155 e. The van der Waals surface area contributed by atoms with Crippen LogP contribution in [0, 0.1) is 0 Å². The molecule has 0 unspecified atom stereocenters. The van der Waals surface area contributed by atoms with Gasteiger partial charge in [-0.3, -0.25) is 4.98 Å². The molecule has 0 N–H and O–H groups in total. The average molecular weight is 189 g/mol. The van der Waals surface area contributed by atoms with E-state index in [2.05, 4.69) is 15.0 Å². The number of methoxy groups -OCH3 is 1. The number of ether oxygens (including phenoxy) is 1. The number of hydrogen-bond acceptors (Lipinski definition) is 4. The zero-order chi connectivity index (χ0) is 10.1. The third-order valence-corrected chi connectivity index (χ3v) is 1.34. The van der Waals surface area contributed by atoms with Crippen molar-refractivity contribution in [1.82, 2.24) is 15.0 Å². The Kier molecular flexibility index (Phi) is 4.72. The van der Waals surface area contributed by atoms with Crippen molar-refractivity contribution in [2.75, 3.05) is 7.11 Å². The fourth-order valence-corrected chi connectivity index (χ4v) is 0.703. The van der Waals surface area contributed by atoms with E-state index in [0.29, 0.717) is 5.75 Å². The third-order valence-electron chi connectivity index (χ3n) is 1.34. The SMILES string of the molecule is COc1cncnc1.c1ccncc1. The highest BCUT2D eigenvalue weighted by Crippen LogP contribution is 2.00. The molecule has 0 amide bonds. The van der Waals surface area contributed by atoms with Gasteiger partial charge < -0.3 is 4.74 Å². The van der Waals surface area contributed by atoms with Gasteiger partial charge in [-0.1, -0.05) is 6.07 Å². The van der Waals surface area contributed by atoms with Gasteiger partial charge in [0, 0.05) is 12.4 Å². The topological polar surface area (TPSA) is 47.9 Å². The van der Waals surface area contributed by atoms with E-state index in [0.717, 1.165) is 0 Å². The van der Waals surface area contributed by atoms with Gasteiger partial charge in [0.1, 0.15) is 6.33 Å². The van der Waals surface area contributed by atoms with Gasteiger partial charge in [0.2, 0.25) is 0 Å². The number of pyridine rings is 1. The molecule has 0 spiro atoms. The van der Waals surface area contributed by atoms with Crippen molar-refractivity contribution >= 4 is 0 Å². The van der Waals surface area contributed by atoms with Gasteiger partial charge in [-0.05, 0) is 12.1 Å². The maximum absolute atomic E-state index is 4.79. The molecular weight excluding hydrogens is 178 g/mol. The summed E-state index contributed by atoms with van der Waals surface area (Å²) in [5.74, 6) is 0.688. The van der Waals surface area contributed by atoms with E-state index in [1.807, 2.05) is 18.2 Å². The normalized spacial score (nSPS) is 8.36. The molecule has 0 radical (unpaired) electrons. The van der Waals surface area contributed by atoms with Gasteiger partial charge in [-0.15, -0.1) is 0 Å². The molecule has 0 fully saturated rings. The summed E-state index contributed by atoms with van der Waals surface area (Å²) in [6.45, 7) is 0. The van der Waals surface area contributed by atoms with Crippen LogP contribution >= 0.6 is 0 Å². The number of hydrogen-bond donors (Lipinski definition) is 0. The standard InChI is InChI=1S/C5H6N2O.C5H5N/c1-8-5-2-6-4-7-3-5;1-2-4-6-5-3-1/h2-4H,1H3;1-5H. The molecule has 14 heavy (non-hydrogen) atoms. The minimum atomic E-state index is 0.688. The number of aromatic nitrogens is 3. The highest BCUT2D eigenvalue weighted by molar-refractivity contribution is 5.09. The molecule has 2 aromatic rings. The first-order valence-electron chi connectivity index (χ1n) is 4.07. The van der Waals surface area contributed by atoms with Crippen LogP contribution in [0.2, 0.25) is 0 Å². The van der Waals surface area contributed by atoms with Crippen LogP contribution in [0.5, 0.6) is 5.75 Å². The van der Waals surface area contributed by atoms with Crippen molar-refractivity contribution in [3.63, 3.8) is 0 Å². The molecule has 2 heterocycles. The lowest BCUT2D eigenvalue weighted by molar-refractivity contribution is 0.410. The molecule has 0 saturated carbocycles. The summed E-state index contributed by atoms with van der Waals surface area (Å²) in [5, 5.41) is 0. The Balaban J connectivity index is 0.000000146. The second-order valence-electron chi connectivity index (χ2n) is 2.30. The maximum atomic E-state index is 4.79. The van der Waals surface area contributed by atoms with Gasteiger partial charge in [-0.25, -0.2) is 9.97 Å². The minimum Gasteiger partial charge on any atom is -0.494 e. The van der Waals surface area contributed by atoms with E-state index in [9.17, 15) is 0 Å². The first kappa shape index (κ1) is 10.1. The molecule has 0 saturated heterocycles. The summed E-state index contributed by atoms with van der Waals surface area (Å²) in [5.41, 5.74) is 0. The van der Waals surface area contributed by atoms with Crippen molar-refractivity contribution in [3.8, 4) is 5.75 Å². The van der Waals surface area contributed by atoms with Crippen molar-refractivity contribution < 1.29 is 4.74 Å². The minimum absolute atomic E-state index is 0.688. The Labute approximate surface area is 82.6 Å². The lowest BCUT2D eigenvalue weighted by Gasteiger charge is -1.92. The number of nitrogens with zero attached hydrogens (tertiary/aromatic N) is 3. The zero-order valence-corrected chi connectivity index (χ0v) is 7.87. The second kappa shape index (κ2) is 6.54. The van der Waals surface area contributed by atoms with Gasteiger partial charge >= 0.3 is 0 Å². The third kappa shape index (κ3) is 4.15. The van der Waals surface area contributed by atoms with Gasteiger partial charge in [0.05, 0.1) is 19.5 Å². The van der Waals surface area contributed by atoms with Crippen LogP contribution < -0.4 is 4.74 Å². The lowest BCUT2D eigenvalue weighted by Crippen LogP contribution is -1.83. The summed E-state index contributed by atoms with van der Waals surface area (Å²) in [7, 11) is 1.58. The molecule has 0 aliphatic rings. The predicted molar refractivity (Wildman–Crippen MR) is 52.8 cm³/mol. The van der Waals surface area contributed by atoms with Crippen LogP contribution in [0.1, 0.15) is 0 Å². The zero-order valence-electron chi connectivity index (χ0n) is 7.87. The van der Waals surface area contributed by atoms with Gasteiger partial charge in [-0.2, -0.15) is 0 Å². The molecule has 0 bridgehead atoms. The van der Waals surface area contributed by atoms with E-state index in [1.165, 1.54) is 6.33 Å². The molecular formula is C10H11N3O. The van der Waals surface area contributed by atoms with Gasteiger partial charge in [0.15, 0.2) is 5.75 Å². The van der Waals surface area contributed by atoms with Crippen molar-refractivity contribution in [1.29, 1.82) is 0 Å². The molecule has 72 valence electrons. The van der Waals surface area contributed by atoms with Crippen molar-refractivity contribution in [3.05, 3.63) is 49.3 Å². The van der Waals surface area contributed by atoms with Gasteiger partial charge in [0.25, 0.3) is 0 Å². The molecule has 4 heteroatoms. The van der Waals surface area contributed by atoms with Crippen LogP contribution in [0.25, 0.3) is 0 Å². The fraction of sp³-hybridized carbons (Fsp3) is 0.100. The Bertz CT molecular complexity index is 299. The van der Waals surface area contributed by atoms with E-state index >= 15 is 0 Å². The Morgan fingerprint density at radius 3 is 1.86 bits per heavy atom. The quantitative estimate of drug-likeness (QED) is 0.683. The van der Waals surface area contributed by atoms with Crippen LogP contribution in [-0.2, 0) is 0 Å². The summed E-state index contributed by atoms with van der Waals surface area (Å²) in [6.07, 6.45) is 8.17. The Morgan fingerprint density at radius 1 is 0.929 bits per heavy atom. The number of rotatable bonds is 1. The average Bonchev–Trinajstić information content (AvgIpc) is 2.33. The predicted octanol–water partition coefficient (Wildman–Crippen LogP) is 1.57. The fourth-order valence-electron chi connectivity index (χ4n) is 0.703. The maximum Gasteiger partial charge on any atom is 0.155 e. The first-order valence-corrected chi connectivity index (χ1v) is 4.07. The van der Waals surface area contributed by atoms with E-state index in [1.54, 1.807) is 31.9 Å². The largest absolute Gasteiger partial charge is 0.494 e. The summed E-state index contributed by atoms with van der Waals surface area (Å²) in [6, 6.07) is 5.72. The molecule has 0 aromatic carbocycles. The molecule has 0 aliphatic heterocycles. The molecule has 4 nitrogen and oxygen atoms in total. The monoisotopic (exact) mass is 189 g/mol. The van der Waals surface area contributed by atoms with Crippen LogP contribution in [0.15, 0.2) is 49.3 Å². The van der Waals surface area contributed by atoms with E-state index in [-0.39, 0.29) is 0 Å². The first-order chi connectivity index (χ1) is 6.93. The Hall–Kier alpha value is -1.97. The molecule has 0 aliphatic carbocycles. The molecule has 2 aromatic heterocycles. The van der Waals surface area contributed by atoms with Crippen molar-refractivity contribution in [2.45, 2.75) is 0 Å². The molecule has 0 atom stereocenters. The molecule has 2 rings (SSSR count). The van der Waals surface area contributed by atoms with Crippen LogP contribution in [0.4, 0.5) is 0 Å².